The van der Waals surface area contributed by atoms with Crippen LogP contribution in [0.15, 0.2) is 36.5 Å². The number of aliphatic hydroxyl groups excluding tert-OH is 4. The molecule has 3 rings (SSSR count). The van der Waals surface area contributed by atoms with Crippen molar-refractivity contribution in [3.05, 3.63) is 47.8 Å². The second-order valence-corrected chi connectivity index (χ2v) is 5.58. The van der Waals surface area contributed by atoms with Gasteiger partial charge in [0.05, 0.1) is 19.3 Å². The summed E-state index contributed by atoms with van der Waals surface area (Å²) >= 11 is 0. The molecule has 1 aliphatic heterocycles. The average molecular weight is 321 g/mol. The molecular formula is C15H19N3O5. The molecule has 1 aromatic carbocycles. The normalized spacial score (nSPS) is 31.2. The van der Waals surface area contributed by atoms with E-state index in [1.165, 1.54) is 0 Å². The van der Waals surface area contributed by atoms with Gasteiger partial charge in [-0.1, -0.05) is 35.5 Å². The maximum absolute atomic E-state index is 10.1. The first-order chi connectivity index (χ1) is 11.1. The van der Waals surface area contributed by atoms with Crippen molar-refractivity contribution in [2.75, 3.05) is 6.61 Å². The van der Waals surface area contributed by atoms with Crippen LogP contribution in [0.1, 0.15) is 17.4 Å². The number of rotatable bonds is 4. The van der Waals surface area contributed by atoms with Gasteiger partial charge in [-0.2, -0.15) is 0 Å². The largest absolute Gasteiger partial charge is 0.394 e. The molecule has 0 spiro atoms. The third kappa shape index (κ3) is 3.26. The highest BCUT2D eigenvalue weighted by molar-refractivity contribution is 5.15. The molecular weight excluding hydrogens is 302 g/mol. The molecule has 1 saturated heterocycles. The zero-order chi connectivity index (χ0) is 16.4. The molecule has 5 atom stereocenters. The van der Waals surface area contributed by atoms with E-state index in [0.29, 0.717) is 12.2 Å². The molecule has 2 heterocycles. The minimum absolute atomic E-state index is 0.331. The molecule has 2 aromatic rings. The Labute approximate surface area is 132 Å². The number of aliphatic hydroxyl groups is 4. The third-order valence-electron chi connectivity index (χ3n) is 3.93. The van der Waals surface area contributed by atoms with E-state index < -0.39 is 37.1 Å². The van der Waals surface area contributed by atoms with Crippen molar-refractivity contribution in [3.63, 3.8) is 0 Å². The molecule has 1 aromatic heterocycles. The van der Waals surface area contributed by atoms with Crippen molar-refractivity contribution in [2.24, 2.45) is 0 Å². The highest BCUT2D eigenvalue weighted by Crippen LogP contribution is 2.31. The van der Waals surface area contributed by atoms with E-state index in [1.807, 2.05) is 30.3 Å². The maximum Gasteiger partial charge on any atom is 0.132 e. The van der Waals surface area contributed by atoms with Crippen LogP contribution in [0, 0.1) is 0 Å². The van der Waals surface area contributed by atoms with E-state index in [1.54, 1.807) is 10.9 Å². The molecule has 0 aliphatic carbocycles. The second-order valence-electron chi connectivity index (χ2n) is 5.58. The number of ether oxygens (including phenoxy) is 1. The Bertz CT molecular complexity index is 633. The van der Waals surface area contributed by atoms with Crippen LogP contribution in [0.5, 0.6) is 0 Å². The topological polar surface area (TPSA) is 121 Å². The zero-order valence-electron chi connectivity index (χ0n) is 12.3. The zero-order valence-corrected chi connectivity index (χ0v) is 12.3. The van der Waals surface area contributed by atoms with Gasteiger partial charge in [-0.3, -0.25) is 0 Å². The summed E-state index contributed by atoms with van der Waals surface area (Å²) in [4.78, 5) is 0. The van der Waals surface area contributed by atoms with Crippen molar-refractivity contribution in [2.45, 2.75) is 37.1 Å². The molecule has 0 saturated carbocycles. The van der Waals surface area contributed by atoms with Gasteiger partial charge in [0.15, 0.2) is 0 Å². The predicted molar refractivity (Wildman–Crippen MR) is 78.3 cm³/mol. The average Bonchev–Trinajstić information content (AvgIpc) is 3.02. The van der Waals surface area contributed by atoms with Gasteiger partial charge in [-0.25, -0.2) is 4.68 Å². The summed E-state index contributed by atoms with van der Waals surface area (Å²) in [5.41, 5.74) is 1.37. The molecule has 0 unspecified atom stereocenters. The van der Waals surface area contributed by atoms with E-state index in [2.05, 4.69) is 10.3 Å². The van der Waals surface area contributed by atoms with Gasteiger partial charge >= 0.3 is 0 Å². The van der Waals surface area contributed by atoms with Crippen LogP contribution < -0.4 is 0 Å². The van der Waals surface area contributed by atoms with Crippen molar-refractivity contribution in [1.82, 2.24) is 15.0 Å². The lowest BCUT2D eigenvalue weighted by atomic mass is 9.94. The van der Waals surface area contributed by atoms with Gasteiger partial charge in [0.1, 0.15) is 36.2 Å². The Morgan fingerprint density at radius 3 is 2.48 bits per heavy atom. The van der Waals surface area contributed by atoms with E-state index in [4.69, 9.17) is 4.74 Å². The predicted octanol–water partition coefficient (Wildman–Crippen LogP) is -1.16. The first-order valence-electron chi connectivity index (χ1n) is 7.34. The molecule has 8 heteroatoms. The molecule has 124 valence electrons. The van der Waals surface area contributed by atoms with Crippen molar-refractivity contribution in [3.8, 4) is 0 Å². The first-order valence-corrected chi connectivity index (χ1v) is 7.34. The minimum atomic E-state index is -1.43. The van der Waals surface area contributed by atoms with E-state index in [-0.39, 0.29) is 0 Å². The molecule has 1 fully saturated rings. The quantitative estimate of drug-likeness (QED) is 0.560. The van der Waals surface area contributed by atoms with Crippen LogP contribution in [0.25, 0.3) is 0 Å². The van der Waals surface area contributed by atoms with Crippen LogP contribution in [0.4, 0.5) is 0 Å². The van der Waals surface area contributed by atoms with Crippen molar-refractivity contribution >= 4 is 0 Å². The SMILES string of the molecule is OC[C@H]1O[C@@H](c2cn(Cc3ccccc3)nn2)[C@H](O)[C@@H](O)[C@@H]1O. The monoisotopic (exact) mass is 321 g/mol. The van der Waals surface area contributed by atoms with Crippen molar-refractivity contribution in [1.29, 1.82) is 0 Å². The van der Waals surface area contributed by atoms with Gasteiger partial charge < -0.3 is 25.2 Å². The lowest BCUT2D eigenvalue weighted by Crippen LogP contribution is -2.55. The number of aromatic nitrogens is 3. The Morgan fingerprint density at radius 2 is 1.78 bits per heavy atom. The molecule has 0 bridgehead atoms. The summed E-state index contributed by atoms with van der Waals surface area (Å²) in [7, 11) is 0. The van der Waals surface area contributed by atoms with Gasteiger partial charge in [0.25, 0.3) is 0 Å². The van der Waals surface area contributed by atoms with Crippen LogP contribution >= 0.6 is 0 Å². The van der Waals surface area contributed by atoms with Crippen LogP contribution in [-0.4, -0.2) is 66.4 Å². The highest BCUT2D eigenvalue weighted by atomic mass is 16.5. The number of benzene rings is 1. The van der Waals surface area contributed by atoms with Gasteiger partial charge in [0.2, 0.25) is 0 Å². The fourth-order valence-electron chi connectivity index (χ4n) is 2.64. The van der Waals surface area contributed by atoms with E-state index in [0.717, 1.165) is 5.56 Å². The number of nitrogens with zero attached hydrogens (tertiary/aromatic N) is 3. The molecule has 4 N–H and O–H groups in total. The van der Waals surface area contributed by atoms with Crippen LogP contribution in [0.3, 0.4) is 0 Å². The van der Waals surface area contributed by atoms with Crippen molar-refractivity contribution < 1.29 is 25.2 Å². The third-order valence-corrected chi connectivity index (χ3v) is 3.93. The summed E-state index contributed by atoms with van der Waals surface area (Å²) in [6, 6.07) is 9.67. The summed E-state index contributed by atoms with van der Waals surface area (Å²) in [5.74, 6) is 0. The highest BCUT2D eigenvalue weighted by Gasteiger charge is 2.45. The summed E-state index contributed by atoms with van der Waals surface area (Å²) in [5, 5.41) is 46.9. The smallest absolute Gasteiger partial charge is 0.132 e. The number of hydrogen-bond donors (Lipinski definition) is 4. The Hall–Kier alpha value is -1.84. The second kappa shape index (κ2) is 6.73. The molecule has 0 radical (unpaired) electrons. The Morgan fingerprint density at radius 1 is 1.04 bits per heavy atom. The van der Waals surface area contributed by atoms with Crippen LogP contribution in [0.2, 0.25) is 0 Å². The van der Waals surface area contributed by atoms with Crippen LogP contribution in [-0.2, 0) is 11.3 Å². The number of hydrogen-bond acceptors (Lipinski definition) is 7. The fraction of sp³-hybridized carbons (Fsp3) is 0.467. The minimum Gasteiger partial charge on any atom is -0.394 e. The molecule has 23 heavy (non-hydrogen) atoms. The van der Waals surface area contributed by atoms with Gasteiger partial charge in [0, 0.05) is 0 Å². The fourth-order valence-corrected chi connectivity index (χ4v) is 2.64. The first kappa shape index (κ1) is 16.0. The molecule has 8 nitrogen and oxygen atoms in total. The molecule has 1 aliphatic rings. The molecule has 0 amide bonds. The summed E-state index contributed by atoms with van der Waals surface area (Å²) < 4.78 is 7.04. The van der Waals surface area contributed by atoms with Gasteiger partial charge in [-0.15, -0.1) is 5.10 Å². The van der Waals surface area contributed by atoms with E-state index >= 15 is 0 Å². The summed E-state index contributed by atoms with van der Waals surface area (Å²) in [6.45, 7) is 0.0326. The summed E-state index contributed by atoms with van der Waals surface area (Å²) in [6.07, 6.45) is -4.47. The lowest BCUT2D eigenvalue weighted by Gasteiger charge is -2.39. The van der Waals surface area contributed by atoms with E-state index in [9.17, 15) is 20.4 Å². The maximum atomic E-state index is 10.1. The Balaban J connectivity index is 1.76. The Kier molecular flexibility index (Phi) is 4.69. The standard InChI is InChI=1S/C15H19N3O5/c19-8-11-12(20)13(21)14(22)15(23-11)10-7-18(17-16-10)6-9-4-2-1-3-5-9/h1-5,7,11-15,19-22H,6,8H2/t11-,12-,13+,14-,15+/m1/s1. The lowest BCUT2D eigenvalue weighted by molar-refractivity contribution is -0.232. The van der Waals surface area contributed by atoms with Gasteiger partial charge in [-0.05, 0) is 5.56 Å².